The van der Waals surface area contributed by atoms with Crippen LogP contribution in [-0.4, -0.2) is 26.3 Å². The number of rotatable bonds is 5. The van der Waals surface area contributed by atoms with Crippen molar-refractivity contribution in [1.82, 2.24) is 9.78 Å². The Morgan fingerprint density at radius 1 is 1.32 bits per heavy atom. The van der Waals surface area contributed by atoms with Gasteiger partial charge in [-0.25, -0.2) is 4.79 Å². The first kappa shape index (κ1) is 16.2. The van der Waals surface area contributed by atoms with Crippen molar-refractivity contribution >= 4 is 28.2 Å². The Hall–Kier alpha value is -2.15. The van der Waals surface area contributed by atoms with Gasteiger partial charge in [0.05, 0.1) is 11.9 Å². The third-order valence-corrected chi connectivity index (χ3v) is 3.78. The highest BCUT2D eigenvalue weighted by Crippen LogP contribution is 2.14. The number of carbonyl (C=O) groups is 1. The predicted octanol–water partition coefficient (Wildman–Crippen LogP) is 2.92. The molecule has 2 N–H and O–H groups in total. The Kier molecular flexibility index (Phi) is 5.32. The molecule has 0 saturated heterocycles. The van der Waals surface area contributed by atoms with Gasteiger partial charge in [0.25, 0.3) is 0 Å². The molecule has 1 aromatic heterocycles. The summed E-state index contributed by atoms with van der Waals surface area (Å²) in [4.78, 5) is 12.6. The summed E-state index contributed by atoms with van der Waals surface area (Å²) in [6.45, 7) is 5.01. The fraction of sp³-hybridized carbons (Fsp3) is 0.333. The van der Waals surface area contributed by atoms with E-state index in [9.17, 15) is 9.00 Å². The quantitative estimate of drug-likeness (QED) is 0.889. The molecule has 0 aliphatic carbocycles. The van der Waals surface area contributed by atoms with Crippen LogP contribution in [0, 0.1) is 5.92 Å². The molecule has 0 spiro atoms. The fourth-order valence-corrected chi connectivity index (χ4v) is 2.51. The summed E-state index contributed by atoms with van der Waals surface area (Å²) in [5.41, 5.74) is 1.23. The Morgan fingerprint density at radius 2 is 2.05 bits per heavy atom. The van der Waals surface area contributed by atoms with Crippen LogP contribution in [0.4, 0.5) is 16.2 Å². The molecule has 2 amide bonds. The van der Waals surface area contributed by atoms with E-state index in [2.05, 4.69) is 29.6 Å². The van der Waals surface area contributed by atoms with Crippen LogP contribution in [0.5, 0.6) is 0 Å². The topological polar surface area (TPSA) is 76.0 Å². The summed E-state index contributed by atoms with van der Waals surface area (Å²) in [7, 11) is -1.08. The molecule has 1 unspecified atom stereocenters. The van der Waals surface area contributed by atoms with Crippen molar-refractivity contribution in [3.8, 4) is 0 Å². The summed E-state index contributed by atoms with van der Waals surface area (Å²) in [5.74, 6) is 0.485. The summed E-state index contributed by atoms with van der Waals surface area (Å²) in [6, 6.07) is 6.60. The number of urea groups is 1. The molecular formula is C15H20N4O2S. The van der Waals surface area contributed by atoms with Crippen molar-refractivity contribution in [2.24, 2.45) is 5.92 Å². The van der Waals surface area contributed by atoms with E-state index in [0.29, 0.717) is 22.2 Å². The van der Waals surface area contributed by atoms with E-state index in [4.69, 9.17) is 0 Å². The van der Waals surface area contributed by atoms with E-state index in [1.54, 1.807) is 47.6 Å². The van der Waals surface area contributed by atoms with Crippen LogP contribution in [-0.2, 0) is 17.3 Å². The highest BCUT2D eigenvalue weighted by atomic mass is 32.2. The van der Waals surface area contributed by atoms with Gasteiger partial charge in [-0.05, 0) is 24.1 Å². The highest BCUT2D eigenvalue weighted by molar-refractivity contribution is 7.84. The third kappa shape index (κ3) is 4.70. The monoisotopic (exact) mass is 320 g/mol. The van der Waals surface area contributed by atoms with E-state index < -0.39 is 10.8 Å². The van der Waals surface area contributed by atoms with Crippen LogP contribution in [0.3, 0.4) is 0 Å². The van der Waals surface area contributed by atoms with Crippen molar-refractivity contribution in [3.05, 3.63) is 36.7 Å². The second kappa shape index (κ2) is 7.22. The zero-order valence-corrected chi connectivity index (χ0v) is 13.7. The Labute approximate surface area is 132 Å². The van der Waals surface area contributed by atoms with Gasteiger partial charge in [0.2, 0.25) is 0 Å². The van der Waals surface area contributed by atoms with Gasteiger partial charge in [0.15, 0.2) is 0 Å². The lowest BCUT2D eigenvalue weighted by Crippen LogP contribution is -2.19. The second-order valence-electron chi connectivity index (χ2n) is 5.41. The molecule has 0 fully saturated rings. The molecule has 0 bridgehead atoms. The molecule has 22 heavy (non-hydrogen) atoms. The maximum Gasteiger partial charge on any atom is 0.323 e. The van der Waals surface area contributed by atoms with E-state index in [-0.39, 0.29) is 6.03 Å². The lowest BCUT2D eigenvalue weighted by Gasteiger charge is -2.07. The number of hydrogen-bond acceptors (Lipinski definition) is 3. The Bertz CT molecular complexity index is 682. The van der Waals surface area contributed by atoms with Crippen molar-refractivity contribution in [3.63, 3.8) is 0 Å². The highest BCUT2D eigenvalue weighted by Gasteiger charge is 2.07. The number of aromatic nitrogens is 2. The average molecular weight is 320 g/mol. The van der Waals surface area contributed by atoms with Gasteiger partial charge >= 0.3 is 6.03 Å². The lowest BCUT2D eigenvalue weighted by atomic mass is 10.2. The average Bonchev–Trinajstić information content (AvgIpc) is 2.85. The Morgan fingerprint density at radius 3 is 2.73 bits per heavy atom. The first-order valence-electron chi connectivity index (χ1n) is 6.98. The predicted molar refractivity (Wildman–Crippen MR) is 88.5 cm³/mol. The van der Waals surface area contributed by atoms with Crippen LogP contribution in [0.15, 0.2) is 41.6 Å². The van der Waals surface area contributed by atoms with Gasteiger partial charge < -0.3 is 10.6 Å². The lowest BCUT2D eigenvalue weighted by molar-refractivity contribution is 0.262. The number of nitrogens with zero attached hydrogens (tertiary/aromatic N) is 2. The number of carbonyl (C=O) groups excluding carboxylic acids is 1. The first-order chi connectivity index (χ1) is 10.4. The number of hydrogen-bond donors (Lipinski definition) is 2. The first-order valence-corrected chi connectivity index (χ1v) is 8.54. The number of anilines is 2. The van der Waals surface area contributed by atoms with Crippen LogP contribution in [0.25, 0.3) is 0 Å². The van der Waals surface area contributed by atoms with Crippen LogP contribution < -0.4 is 10.6 Å². The molecule has 1 heterocycles. The van der Waals surface area contributed by atoms with Crippen LogP contribution in [0.2, 0.25) is 0 Å². The SMILES string of the molecule is CC(C)Cn1cc(NC(=O)Nc2cccc(S(C)=O)c2)cn1. The van der Waals surface area contributed by atoms with Gasteiger partial charge in [0, 0.05) is 40.4 Å². The molecule has 118 valence electrons. The van der Waals surface area contributed by atoms with E-state index in [1.807, 2.05) is 0 Å². The van der Waals surface area contributed by atoms with Crippen molar-refractivity contribution in [2.45, 2.75) is 25.3 Å². The molecule has 6 nitrogen and oxygen atoms in total. The molecule has 0 aliphatic heterocycles. The summed E-state index contributed by atoms with van der Waals surface area (Å²) < 4.78 is 13.2. The van der Waals surface area contributed by atoms with Crippen molar-refractivity contribution in [2.75, 3.05) is 16.9 Å². The zero-order chi connectivity index (χ0) is 16.1. The fourth-order valence-electron chi connectivity index (χ4n) is 1.95. The van der Waals surface area contributed by atoms with Gasteiger partial charge in [-0.3, -0.25) is 8.89 Å². The molecule has 7 heteroatoms. The number of benzene rings is 1. The number of nitrogens with one attached hydrogen (secondary N) is 2. The van der Waals surface area contributed by atoms with E-state index in [0.717, 1.165) is 6.54 Å². The largest absolute Gasteiger partial charge is 0.323 e. The molecule has 2 rings (SSSR count). The minimum Gasteiger partial charge on any atom is -0.308 e. The van der Waals surface area contributed by atoms with E-state index >= 15 is 0 Å². The summed E-state index contributed by atoms with van der Waals surface area (Å²) in [6.07, 6.45) is 5.00. The molecule has 2 aromatic rings. The van der Waals surface area contributed by atoms with Crippen LogP contribution in [0.1, 0.15) is 13.8 Å². The molecule has 1 aromatic carbocycles. The molecular weight excluding hydrogens is 300 g/mol. The molecule has 0 radical (unpaired) electrons. The minimum absolute atomic E-state index is 0.358. The summed E-state index contributed by atoms with van der Waals surface area (Å²) >= 11 is 0. The number of amides is 2. The molecule has 0 aliphatic rings. The van der Waals surface area contributed by atoms with Gasteiger partial charge in [-0.1, -0.05) is 19.9 Å². The van der Waals surface area contributed by atoms with E-state index in [1.165, 1.54) is 0 Å². The van der Waals surface area contributed by atoms with Crippen molar-refractivity contribution in [1.29, 1.82) is 0 Å². The Balaban J connectivity index is 1.96. The maximum absolute atomic E-state index is 12.0. The van der Waals surface area contributed by atoms with Crippen LogP contribution >= 0.6 is 0 Å². The molecule has 1 atom stereocenters. The smallest absolute Gasteiger partial charge is 0.308 e. The maximum atomic E-state index is 12.0. The summed E-state index contributed by atoms with van der Waals surface area (Å²) in [5, 5.41) is 9.63. The minimum atomic E-state index is -1.08. The normalized spacial score (nSPS) is 12.2. The van der Waals surface area contributed by atoms with Gasteiger partial charge in [-0.2, -0.15) is 5.10 Å². The standard InChI is InChI=1S/C15H20N4O2S/c1-11(2)9-19-10-13(8-16-19)18-15(20)17-12-5-4-6-14(7-12)22(3)21/h4-8,10-11H,9H2,1-3H3,(H2,17,18,20). The van der Waals surface area contributed by atoms with Gasteiger partial charge in [0.1, 0.15) is 0 Å². The zero-order valence-electron chi connectivity index (χ0n) is 12.9. The molecule has 0 saturated carbocycles. The van der Waals surface area contributed by atoms with Gasteiger partial charge in [-0.15, -0.1) is 0 Å². The third-order valence-electron chi connectivity index (χ3n) is 2.87. The van der Waals surface area contributed by atoms with Crippen molar-refractivity contribution < 1.29 is 9.00 Å². The second-order valence-corrected chi connectivity index (χ2v) is 6.79.